The number of halogens is 2. The number of ether oxygens (including phenoxy) is 1. The minimum Gasteiger partial charge on any atom is -0.496 e. The van der Waals surface area contributed by atoms with E-state index in [1.165, 1.54) is 25.5 Å². The zero-order chi connectivity index (χ0) is 25.5. The number of piperazine rings is 1. The van der Waals surface area contributed by atoms with Crippen molar-refractivity contribution in [2.45, 2.75) is 44.8 Å². The molecule has 4 rings (SSSR count). The van der Waals surface area contributed by atoms with Crippen LogP contribution < -0.4 is 14.4 Å². The quantitative estimate of drug-likeness (QED) is 0.134. The Morgan fingerprint density at radius 2 is 1.92 bits per heavy atom. The Balaban J connectivity index is 1.31. The van der Waals surface area contributed by atoms with Gasteiger partial charge in [-0.15, -0.1) is 4.33 Å². The Morgan fingerprint density at radius 3 is 2.61 bits per heavy atom. The summed E-state index contributed by atoms with van der Waals surface area (Å²) in [5.41, 5.74) is 1.95. The molecule has 0 radical (unpaired) electrons. The van der Waals surface area contributed by atoms with Crippen molar-refractivity contribution in [1.82, 2.24) is 14.8 Å². The van der Waals surface area contributed by atoms with E-state index in [0.717, 1.165) is 75.2 Å². The first-order valence-electron chi connectivity index (χ1n) is 12.4. The Bertz CT molecular complexity index is 996. The van der Waals surface area contributed by atoms with Gasteiger partial charge in [-0.2, -0.15) is 0 Å². The largest absolute Gasteiger partial charge is 0.496 e. The highest BCUT2D eigenvalue weighted by Crippen LogP contribution is 2.32. The molecule has 36 heavy (non-hydrogen) atoms. The van der Waals surface area contributed by atoms with Crippen molar-refractivity contribution >= 4 is 46.9 Å². The molecular weight excluding hydrogens is 521 g/mol. The van der Waals surface area contributed by atoms with Crippen LogP contribution in [0, 0.1) is 0 Å². The lowest BCUT2D eigenvalue weighted by molar-refractivity contribution is -0.159. The average Bonchev–Trinajstić information content (AvgIpc) is 2.90. The van der Waals surface area contributed by atoms with Gasteiger partial charge in [-0.3, -0.25) is 9.80 Å². The molecule has 8 nitrogen and oxygen atoms in total. The number of rotatable bonds is 10. The molecule has 0 bridgehead atoms. The van der Waals surface area contributed by atoms with E-state index in [2.05, 4.69) is 42.3 Å². The number of nitrogens with one attached hydrogen (secondary N) is 1. The number of anilines is 2. The van der Waals surface area contributed by atoms with Gasteiger partial charge in [-0.25, -0.2) is 9.87 Å². The van der Waals surface area contributed by atoms with Crippen LogP contribution in [-0.2, 0) is 15.8 Å². The molecule has 1 aromatic heterocycles. The first-order valence-corrected chi connectivity index (χ1v) is 13.9. The van der Waals surface area contributed by atoms with Gasteiger partial charge in [0.15, 0.2) is 0 Å². The lowest BCUT2D eigenvalue weighted by atomic mass is 9.97. The van der Waals surface area contributed by atoms with Gasteiger partial charge in [0.25, 0.3) is 0 Å². The van der Waals surface area contributed by atoms with Crippen molar-refractivity contribution in [1.29, 1.82) is 0 Å². The lowest BCUT2D eigenvalue weighted by Crippen LogP contribution is -2.58. The molecule has 0 aliphatic carbocycles. The SMILES string of the molecule is CC[C@H]1CN(c2ncc(NSOOC)cc2Cl)CCN1C1CCN(Cc2ccc(Cl)cc2OC)CC1. The predicted octanol–water partition coefficient (Wildman–Crippen LogP) is 5.52. The maximum atomic E-state index is 6.60. The van der Waals surface area contributed by atoms with Crippen molar-refractivity contribution < 1.29 is 14.0 Å². The third kappa shape index (κ3) is 6.89. The summed E-state index contributed by atoms with van der Waals surface area (Å²) in [4.78, 5) is 16.8. The van der Waals surface area contributed by atoms with Crippen LogP contribution >= 0.6 is 35.4 Å². The molecule has 2 fully saturated rings. The van der Waals surface area contributed by atoms with E-state index >= 15 is 0 Å². The van der Waals surface area contributed by atoms with Gasteiger partial charge >= 0.3 is 0 Å². The third-order valence-electron chi connectivity index (χ3n) is 7.05. The lowest BCUT2D eigenvalue weighted by Gasteiger charge is -2.47. The highest BCUT2D eigenvalue weighted by atomic mass is 35.5. The minimum atomic E-state index is 0.480. The van der Waals surface area contributed by atoms with Gasteiger partial charge in [-0.05, 0) is 50.6 Å². The first kappa shape index (κ1) is 27.6. The van der Waals surface area contributed by atoms with E-state index in [1.54, 1.807) is 13.3 Å². The van der Waals surface area contributed by atoms with Gasteiger partial charge in [0.2, 0.25) is 0 Å². The second kappa shape index (κ2) is 13.4. The van der Waals surface area contributed by atoms with E-state index in [9.17, 15) is 0 Å². The van der Waals surface area contributed by atoms with Crippen LogP contribution in [0.3, 0.4) is 0 Å². The summed E-state index contributed by atoms with van der Waals surface area (Å²) in [7, 11) is 3.16. The first-order chi connectivity index (χ1) is 17.5. The number of hydrogen-bond acceptors (Lipinski definition) is 9. The standard InChI is InChI=1S/C25H35Cl2N5O3S/c1-4-21-17-31(25-23(27)14-20(15-28-25)29-36-35-34-3)11-12-32(21)22-7-9-30(10-8-22)16-18-5-6-19(26)13-24(18)33-2/h5-6,13-15,21-22,29H,4,7-12,16-17H2,1-3H3/t21-/m0/s1. The second-order valence-corrected chi connectivity index (χ2v) is 10.5. The molecule has 1 aromatic carbocycles. The van der Waals surface area contributed by atoms with Gasteiger partial charge < -0.3 is 14.4 Å². The number of nitrogens with zero attached hydrogens (tertiary/aromatic N) is 4. The van der Waals surface area contributed by atoms with Crippen LogP contribution in [0.2, 0.25) is 10.0 Å². The molecule has 0 saturated carbocycles. The Labute approximate surface area is 228 Å². The number of methoxy groups -OCH3 is 1. The van der Waals surface area contributed by atoms with Crippen LogP contribution in [0.4, 0.5) is 11.5 Å². The van der Waals surface area contributed by atoms with Gasteiger partial charge in [0.1, 0.15) is 23.8 Å². The monoisotopic (exact) mass is 555 g/mol. The molecule has 2 aliphatic rings. The molecule has 0 spiro atoms. The summed E-state index contributed by atoms with van der Waals surface area (Å²) in [5.74, 6) is 1.70. The number of aromatic nitrogens is 1. The topological polar surface area (TPSA) is 62.3 Å². The highest BCUT2D eigenvalue weighted by Gasteiger charge is 2.34. The van der Waals surface area contributed by atoms with Crippen molar-refractivity contribution in [2.24, 2.45) is 0 Å². The molecular formula is C25H35Cl2N5O3S. The van der Waals surface area contributed by atoms with E-state index in [4.69, 9.17) is 32.3 Å². The second-order valence-electron chi connectivity index (χ2n) is 9.16. The maximum absolute atomic E-state index is 6.60. The van der Waals surface area contributed by atoms with Crippen molar-refractivity contribution in [3.05, 3.63) is 46.1 Å². The van der Waals surface area contributed by atoms with Crippen LogP contribution in [0.15, 0.2) is 30.5 Å². The van der Waals surface area contributed by atoms with Crippen molar-refractivity contribution in [3.63, 3.8) is 0 Å². The third-order valence-corrected chi connectivity index (χ3v) is 8.09. The number of piperidine rings is 1. The molecule has 1 N–H and O–H groups in total. The fourth-order valence-corrected chi connectivity index (χ4v) is 5.98. The van der Waals surface area contributed by atoms with Crippen LogP contribution in [0.25, 0.3) is 0 Å². The summed E-state index contributed by atoms with van der Waals surface area (Å²) in [6, 6.07) is 8.87. The number of pyridine rings is 1. The van der Waals surface area contributed by atoms with Gasteiger partial charge in [0.05, 0.1) is 31.1 Å². The maximum Gasteiger partial charge on any atom is 0.149 e. The molecule has 0 amide bonds. The smallest absolute Gasteiger partial charge is 0.149 e. The van der Waals surface area contributed by atoms with E-state index in [-0.39, 0.29) is 0 Å². The average molecular weight is 557 g/mol. The van der Waals surface area contributed by atoms with E-state index in [0.29, 0.717) is 22.1 Å². The Hall–Kier alpha value is -1.46. The summed E-state index contributed by atoms with van der Waals surface area (Å²) in [6.45, 7) is 8.20. The molecule has 2 aromatic rings. The minimum absolute atomic E-state index is 0.480. The molecule has 3 heterocycles. The van der Waals surface area contributed by atoms with Gasteiger partial charge in [-0.1, -0.05) is 36.2 Å². The Morgan fingerprint density at radius 1 is 1.11 bits per heavy atom. The fourth-order valence-electron chi connectivity index (χ4n) is 5.22. The summed E-state index contributed by atoms with van der Waals surface area (Å²) < 4.78 is 13.3. The van der Waals surface area contributed by atoms with E-state index in [1.807, 2.05) is 18.2 Å². The molecule has 198 valence electrons. The number of benzene rings is 1. The molecule has 2 saturated heterocycles. The summed E-state index contributed by atoms with van der Waals surface area (Å²) >= 11 is 13.7. The Kier molecular flexibility index (Phi) is 10.2. The summed E-state index contributed by atoms with van der Waals surface area (Å²) in [6.07, 6.45) is 5.22. The number of likely N-dealkylation sites (tertiary alicyclic amines) is 1. The van der Waals surface area contributed by atoms with Crippen molar-refractivity contribution in [2.75, 3.05) is 56.6 Å². The van der Waals surface area contributed by atoms with Crippen LogP contribution in [0.1, 0.15) is 31.7 Å². The van der Waals surface area contributed by atoms with Crippen LogP contribution in [0.5, 0.6) is 5.75 Å². The normalized spacial score (nSPS) is 20.0. The van der Waals surface area contributed by atoms with Gasteiger partial charge in [0, 0.05) is 48.8 Å². The zero-order valence-electron chi connectivity index (χ0n) is 21.1. The molecule has 2 aliphatic heterocycles. The highest BCUT2D eigenvalue weighted by molar-refractivity contribution is 7.95. The predicted molar refractivity (Wildman–Crippen MR) is 148 cm³/mol. The molecule has 1 atom stereocenters. The van der Waals surface area contributed by atoms with Crippen molar-refractivity contribution in [3.8, 4) is 5.75 Å². The summed E-state index contributed by atoms with van der Waals surface area (Å²) in [5, 5.41) is 1.34. The zero-order valence-corrected chi connectivity index (χ0v) is 23.4. The van der Waals surface area contributed by atoms with E-state index < -0.39 is 0 Å². The van der Waals surface area contributed by atoms with Crippen LogP contribution in [-0.4, -0.2) is 73.8 Å². The molecule has 11 heteroatoms. The number of hydrogen-bond donors (Lipinski definition) is 1. The molecule has 0 unspecified atom stereocenters. The fraction of sp³-hybridized carbons (Fsp3) is 0.560.